The number of para-hydroxylation sites is 1. The molecular formula is C25H26N6O. The van der Waals surface area contributed by atoms with Crippen molar-refractivity contribution in [3.63, 3.8) is 0 Å². The number of hydrogen-bond donors (Lipinski definition) is 4. The van der Waals surface area contributed by atoms with Crippen LogP contribution in [0.25, 0.3) is 32.9 Å². The highest BCUT2D eigenvalue weighted by molar-refractivity contribution is 5.87. The van der Waals surface area contributed by atoms with E-state index in [1.54, 1.807) is 6.20 Å². The van der Waals surface area contributed by atoms with Crippen molar-refractivity contribution in [3.8, 4) is 11.3 Å². The Morgan fingerprint density at radius 2 is 2.00 bits per heavy atom. The summed E-state index contributed by atoms with van der Waals surface area (Å²) in [6.45, 7) is 1.07. The van der Waals surface area contributed by atoms with Crippen LogP contribution in [-0.2, 0) is 12.8 Å². The lowest BCUT2D eigenvalue weighted by molar-refractivity contribution is 0.432. The molecule has 0 amide bonds. The molecule has 0 saturated carbocycles. The molecular weight excluding hydrogens is 400 g/mol. The van der Waals surface area contributed by atoms with Crippen LogP contribution in [0.5, 0.6) is 0 Å². The van der Waals surface area contributed by atoms with Crippen LogP contribution in [0.2, 0.25) is 0 Å². The monoisotopic (exact) mass is 426 g/mol. The van der Waals surface area contributed by atoms with E-state index in [1.165, 1.54) is 10.9 Å². The van der Waals surface area contributed by atoms with Crippen LogP contribution in [0.1, 0.15) is 11.1 Å². The van der Waals surface area contributed by atoms with Gasteiger partial charge in [0.25, 0.3) is 0 Å². The Hall–Kier alpha value is -3.68. The van der Waals surface area contributed by atoms with Crippen molar-refractivity contribution in [2.45, 2.75) is 18.9 Å². The fourth-order valence-corrected chi connectivity index (χ4v) is 4.16. The molecule has 0 spiro atoms. The number of aromatic amines is 1. The largest absolute Gasteiger partial charge is 0.361 e. The van der Waals surface area contributed by atoms with Crippen molar-refractivity contribution < 1.29 is 4.52 Å². The average molecular weight is 427 g/mol. The van der Waals surface area contributed by atoms with Gasteiger partial charge in [-0.25, -0.2) is 0 Å². The molecule has 2 aromatic carbocycles. The summed E-state index contributed by atoms with van der Waals surface area (Å²) < 4.78 is 5.68. The summed E-state index contributed by atoms with van der Waals surface area (Å²) in [5.74, 6) is 0.634. The quantitative estimate of drug-likeness (QED) is 0.299. The number of pyridine rings is 1. The number of nitrogens with zero attached hydrogens (tertiary/aromatic N) is 2. The minimum atomic E-state index is -0.0818. The zero-order chi connectivity index (χ0) is 21.9. The number of rotatable bonds is 8. The molecule has 6 N–H and O–H groups in total. The van der Waals surface area contributed by atoms with E-state index in [0.29, 0.717) is 25.4 Å². The summed E-state index contributed by atoms with van der Waals surface area (Å²) in [5.41, 5.74) is 17.4. The maximum Gasteiger partial charge on any atom is 0.228 e. The summed E-state index contributed by atoms with van der Waals surface area (Å²) in [6.07, 6.45) is 7.09. The molecule has 1 atom stereocenters. The Bertz CT molecular complexity index is 1360. The zero-order valence-electron chi connectivity index (χ0n) is 17.7. The van der Waals surface area contributed by atoms with Gasteiger partial charge in [0.05, 0.1) is 0 Å². The second kappa shape index (κ2) is 8.82. The van der Waals surface area contributed by atoms with Crippen molar-refractivity contribution in [3.05, 3.63) is 78.2 Å². The van der Waals surface area contributed by atoms with E-state index < -0.39 is 0 Å². The van der Waals surface area contributed by atoms with Gasteiger partial charge in [0, 0.05) is 58.6 Å². The zero-order valence-corrected chi connectivity index (χ0v) is 17.7. The normalized spacial score (nSPS) is 12.4. The standard InChI is InChI=1S/C25H26N6O/c26-9-7-22-24(17-5-6-18-13-28-10-8-16(18)11-17)31-32-25(22)30-15-20(27)12-19-14-29-23-4-2-1-3-21(19)23/h1-6,8,10-11,13-14,20,29-30H,7,9,12,15,26-27H2. The van der Waals surface area contributed by atoms with Gasteiger partial charge in [-0.1, -0.05) is 35.5 Å². The fourth-order valence-electron chi connectivity index (χ4n) is 4.16. The molecule has 0 fully saturated rings. The molecule has 3 aromatic heterocycles. The number of aromatic nitrogens is 3. The van der Waals surface area contributed by atoms with E-state index >= 15 is 0 Å². The second-order valence-corrected chi connectivity index (χ2v) is 8.02. The maximum absolute atomic E-state index is 6.44. The smallest absolute Gasteiger partial charge is 0.228 e. The Balaban J connectivity index is 1.34. The third-order valence-corrected chi connectivity index (χ3v) is 5.78. The number of hydrogen-bond acceptors (Lipinski definition) is 6. The Morgan fingerprint density at radius 1 is 1.09 bits per heavy atom. The summed E-state index contributed by atoms with van der Waals surface area (Å²) in [5, 5.41) is 11.1. The molecule has 5 aromatic rings. The highest BCUT2D eigenvalue weighted by Gasteiger charge is 2.18. The van der Waals surface area contributed by atoms with Gasteiger partial charge < -0.3 is 26.3 Å². The summed E-state index contributed by atoms with van der Waals surface area (Å²) in [6, 6.07) is 16.3. The van der Waals surface area contributed by atoms with E-state index in [-0.39, 0.29) is 6.04 Å². The van der Waals surface area contributed by atoms with Crippen molar-refractivity contribution >= 4 is 27.6 Å². The Kier molecular flexibility index (Phi) is 5.58. The van der Waals surface area contributed by atoms with Gasteiger partial charge in [0.15, 0.2) is 0 Å². The minimum absolute atomic E-state index is 0.0818. The van der Waals surface area contributed by atoms with Crippen molar-refractivity contribution in [2.75, 3.05) is 18.4 Å². The highest BCUT2D eigenvalue weighted by Crippen LogP contribution is 2.31. The molecule has 5 rings (SSSR count). The third-order valence-electron chi connectivity index (χ3n) is 5.78. The van der Waals surface area contributed by atoms with Crippen LogP contribution in [0.3, 0.4) is 0 Å². The van der Waals surface area contributed by atoms with Crippen LogP contribution >= 0.6 is 0 Å². The molecule has 1 unspecified atom stereocenters. The first-order valence-corrected chi connectivity index (χ1v) is 10.8. The predicted molar refractivity (Wildman–Crippen MR) is 128 cm³/mol. The van der Waals surface area contributed by atoms with E-state index in [9.17, 15) is 0 Å². The second-order valence-electron chi connectivity index (χ2n) is 8.02. The maximum atomic E-state index is 6.44. The van der Waals surface area contributed by atoms with E-state index in [4.69, 9.17) is 16.0 Å². The SMILES string of the molecule is NCCc1c(-c2ccc3cnccc3c2)noc1NCC(N)Cc1c[nH]c2ccccc12. The van der Waals surface area contributed by atoms with Gasteiger partial charge in [-0.15, -0.1) is 0 Å². The lowest BCUT2D eigenvalue weighted by Gasteiger charge is -2.12. The van der Waals surface area contributed by atoms with Gasteiger partial charge in [-0.05, 0) is 48.5 Å². The van der Waals surface area contributed by atoms with E-state index in [2.05, 4.69) is 38.6 Å². The van der Waals surface area contributed by atoms with Crippen LogP contribution in [0.4, 0.5) is 5.88 Å². The van der Waals surface area contributed by atoms with Gasteiger partial charge in [-0.2, -0.15) is 0 Å². The van der Waals surface area contributed by atoms with Crippen LogP contribution in [0.15, 0.2) is 71.6 Å². The number of nitrogens with two attached hydrogens (primary N) is 2. The van der Waals surface area contributed by atoms with Gasteiger partial charge in [0.2, 0.25) is 5.88 Å². The number of anilines is 1. The summed E-state index contributed by atoms with van der Waals surface area (Å²) >= 11 is 0. The van der Waals surface area contributed by atoms with Crippen LogP contribution < -0.4 is 16.8 Å². The topological polar surface area (TPSA) is 119 Å². The molecule has 7 heteroatoms. The Labute approximate surface area is 185 Å². The van der Waals surface area contributed by atoms with Crippen LogP contribution in [-0.4, -0.2) is 34.3 Å². The van der Waals surface area contributed by atoms with Crippen molar-refractivity contribution in [2.24, 2.45) is 11.5 Å². The lowest BCUT2D eigenvalue weighted by atomic mass is 10.0. The fraction of sp³-hybridized carbons (Fsp3) is 0.200. The Morgan fingerprint density at radius 3 is 2.91 bits per heavy atom. The number of H-pyrrole nitrogens is 1. The van der Waals surface area contributed by atoms with Crippen molar-refractivity contribution in [1.82, 2.24) is 15.1 Å². The molecule has 0 aliphatic rings. The average Bonchev–Trinajstić information content (AvgIpc) is 3.42. The van der Waals surface area contributed by atoms with Crippen LogP contribution in [0, 0.1) is 0 Å². The minimum Gasteiger partial charge on any atom is -0.361 e. The summed E-state index contributed by atoms with van der Waals surface area (Å²) in [4.78, 5) is 7.48. The number of fused-ring (bicyclic) bond motifs is 2. The molecule has 0 radical (unpaired) electrons. The molecule has 0 bridgehead atoms. The molecule has 162 valence electrons. The lowest BCUT2D eigenvalue weighted by Crippen LogP contribution is -2.31. The predicted octanol–water partition coefficient (Wildman–Crippen LogP) is 3.85. The highest BCUT2D eigenvalue weighted by atomic mass is 16.5. The first kappa shape index (κ1) is 20.2. The van der Waals surface area contributed by atoms with Gasteiger partial charge in [0.1, 0.15) is 5.69 Å². The van der Waals surface area contributed by atoms with Gasteiger partial charge >= 0.3 is 0 Å². The molecule has 32 heavy (non-hydrogen) atoms. The first-order valence-electron chi connectivity index (χ1n) is 10.8. The van der Waals surface area contributed by atoms with Gasteiger partial charge in [-0.3, -0.25) is 4.98 Å². The third kappa shape index (κ3) is 3.95. The number of nitrogens with one attached hydrogen (secondary N) is 2. The molecule has 3 heterocycles. The number of benzene rings is 2. The molecule has 7 nitrogen and oxygen atoms in total. The van der Waals surface area contributed by atoms with E-state index in [0.717, 1.165) is 39.5 Å². The molecule has 0 saturated heterocycles. The first-order chi connectivity index (χ1) is 15.7. The molecule has 0 aliphatic heterocycles. The van der Waals surface area contributed by atoms with Crippen molar-refractivity contribution in [1.29, 1.82) is 0 Å². The summed E-state index contributed by atoms with van der Waals surface area (Å²) in [7, 11) is 0. The van der Waals surface area contributed by atoms with E-state index in [1.807, 2.05) is 42.7 Å². The molecule has 0 aliphatic carbocycles.